The summed E-state index contributed by atoms with van der Waals surface area (Å²) < 4.78 is 0. The van der Waals surface area contributed by atoms with Crippen LogP contribution in [0.15, 0.2) is 53.4 Å². The van der Waals surface area contributed by atoms with E-state index in [1.165, 1.54) is 0 Å². The number of nitrogens with zero attached hydrogens (tertiary/aromatic N) is 1. The minimum Gasteiger partial charge on any atom is -0.369 e. The van der Waals surface area contributed by atoms with Crippen LogP contribution in [0.1, 0.15) is 18.4 Å². The standard InChI is InChI=1S/C22H23N3O2S/c1-23-17-10-6-12-25(14-17)20-16(13-19-21(26)24-22(27)28-19)9-5-11-18(20)15-7-3-2-4-8-15/h2-5,7-9,11,13,17,23H,6,10,12,14H2,1H3,(H,24,26,27)/b19-13-/t17-/m0/s1. The van der Waals surface area contributed by atoms with Crippen molar-refractivity contribution < 1.29 is 9.59 Å². The number of hydrogen-bond donors (Lipinski definition) is 2. The molecule has 2 aliphatic rings. The van der Waals surface area contributed by atoms with Crippen molar-refractivity contribution >= 4 is 34.7 Å². The molecule has 0 radical (unpaired) electrons. The first-order valence-corrected chi connectivity index (χ1v) is 10.3. The second kappa shape index (κ2) is 8.20. The van der Waals surface area contributed by atoms with Gasteiger partial charge in [0.15, 0.2) is 0 Å². The summed E-state index contributed by atoms with van der Waals surface area (Å²) in [6.45, 7) is 1.88. The average molecular weight is 394 g/mol. The number of hydrogen-bond acceptors (Lipinski definition) is 5. The van der Waals surface area contributed by atoms with Gasteiger partial charge in [0.05, 0.1) is 10.6 Å². The zero-order valence-electron chi connectivity index (χ0n) is 15.8. The van der Waals surface area contributed by atoms with Crippen LogP contribution in [0.25, 0.3) is 17.2 Å². The number of nitrogens with one attached hydrogen (secondary N) is 2. The second-order valence-electron chi connectivity index (χ2n) is 7.04. The number of rotatable bonds is 4. The van der Waals surface area contributed by atoms with E-state index in [0.717, 1.165) is 60.1 Å². The maximum absolute atomic E-state index is 12.1. The van der Waals surface area contributed by atoms with Crippen molar-refractivity contribution in [2.24, 2.45) is 0 Å². The molecule has 0 unspecified atom stereocenters. The van der Waals surface area contributed by atoms with Gasteiger partial charge in [-0.05, 0) is 48.9 Å². The molecule has 1 atom stereocenters. The van der Waals surface area contributed by atoms with Gasteiger partial charge in [0.1, 0.15) is 0 Å². The van der Waals surface area contributed by atoms with E-state index in [1.807, 2.05) is 43.5 Å². The van der Waals surface area contributed by atoms with E-state index >= 15 is 0 Å². The van der Waals surface area contributed by atoms with E-state index in [9.17, 15) is 9.59 Å². The number of likely N-dealkylation sites (N-methyl/N-ethyl adjacent to an activating group) is 1. The van der Waals surface area contributed by atoms with E-state index in [0.29, 0.717) is 10.9 Å². The number of amides is 2. The van der Waals surface area contributed by atoms with E-state index < -0.39 is 0 Å². The minimum atomic E-state index is -0.321. The lowest BCUT2D eigenvalue weighted by Gasteiger charge is -2.36. The normalized spacial score (nSPS) is 21.2. The van der Waals surface area contributed by atoms with Gasteiger partial charge in [0, 0.05) is 24.7 Å². The molecule has 0 aliphatic carbocycles. The molecule has 144 valence electrons. The van der Waals surface area contributed by atoms with Gasteiger partial charge in [0.25, 0.3) is 11.1 Å². The smallest absolute Gasteiger partial charge is 0.290 e. The second-order valence-corrected chi connectivity index (χ2v) is 8.05. The van der Waals surface area contributed by atoms with Crippen molar-refractivity contribution in [2.75, 3.05) is 25.0 Å². The van der Waals surface area contributed by atoms with Gasteiger partial charge in [-0.25, -0.2) is 0 Å². The third kappa shape index (κ3) is 3.84. The molecule has 0 aromatic heterocycles. The molecule has 2 amide bonds. The van der Waals surface area contributed by atoms with Gasteiger partial charge in [-0.1, -0.05) is 48.5 Å². The summed E-state index contributed by atoms with van der Waals surface area (Å²) in [5.74, 6) is -0.321. The molecule has 0 bridgehead atoms. The number of carbonyl (C=O) groups is 2. The van der Waals surface area contributed by atoms with Crippen molar-refractivity contribution in [1.29, 1.82) is 0 Å². The highest BCUT2D eigenvalue weighted by molar-refractivity contribution is 8.18. The molecule has 2 N–H and O–H groups in total. The Kier molecular flexibility index (Phi) is 5.50. The van der Waals surface area contributed by atoms with Crippen LogP contribution in [-0.2, 0) is 4.79 Å². The quantitative estimate of drug-likeness (QED) is 0.773. The highest BCUT2D eigenvalue weighted by atomic mass is 32.2. The summed E-state index contributed by atoms with van der Waals surface area (Å²) in [4.78, 5) is 26.5. The summed E-state index contributed by atoms with van der Waals surface area (Å²) in [6, 6.07) is 16.9. The van der Waals surface area contributed by atoms with Crippen molar-refractivity contribution in [3.63, 3.8) is 0 Å². The summed E-state index contributed by atoms with van der Waals surface area (Å²) in [7, 11) is 2.01. The minimum absolute atomic E-state index is 0.315. The number of thioether (sulfide) groups is 1. The Morgan fingerprint density at radius 1 is 1.14 bits per heavy atom. The predicted molar refractivity (Wildman–Crippen MR) is 115 cm³/mol. The lowest BCUT2D eigenvalue weighted by atomic mass is 9.96. The monoisotopic (exact) mass is 393 g/mol. The molecule has 4 rings (SSSR count). The fraction of sp³-hybridized carbons (Fsp3) is 0.273. The van der Waals surface area contributed by atoms with Crippen LogP contribution in [0.3, 0.4) is 0 Å². The molecular formula is C22H23N3O2S. The number of anilines is 1. The molecule has 6 heteroatoms. The molecule has 2 aliphatic heterocycles. The molecule has 0 saturated carbocycles. The fourth-order valence-corrected chi connectivity index (χ4v) is 4.53. The first-order valence-electron chi connectivity index (χ1n) is 9.51. The van der Waals surface area contributed by atoms with Crippen LogP contribution in [0.5, 0.6) is 0 Å². The summed E-state index contributed by atoms with van der Waals surface area (Å²) >= 11 is 0.961. The summed E-state index contributed by atoms with van der Waals surface area (Å²) in [5.41, 5.74) is 4.37. The molecule has 0 spiro atoms. The van der Waals surface area contributed by atoms with Crippen LogP contribution in [-0.4, -0.2) is 37.3 Å². The number of piperidine rings is 1. The maximum atomic E-state index is 12.1. The van der Waals surface area contributed by atoms with Gasteiger partial charge >= 0.3 is 0 Å². The first-order chi connectivity index (χ1) is 13.7. The first kappa shape index (κ1) is 18.8. The van der Waals surface area contributed by atoms with Gasteiger partial charge in [-0.3, -0.25) is 14.9 Å². The van der Waals surface area contributed by atoms with Crippen molar-refractivity contribution in [3.8, 4) is 11.1 Å². The number of carbonyl (C=O) groups excluding carboxylic acids is 2. The van der Waals surface area contributed by atoms with E-state index in [-0.39, 0.29) is 11.1 Å². The third-order valence-electron chi connectivity index (χ3n) is 5.23. The Morgan fingerprint density at radius 2 is 1.96 bits per heavy atom. The molecule has 2 saturated heterocycles. The summed E-state index contributed by atoms with van der Waals surface area (Å²) in [6.07, 6.45) is 4.11. The van der Waals surface area contributed by atoms with E-state index in [4.69, 9.17) is 0 Å². The Bertz CT molecular complexity index is 927. The van der Waals surface area contributed by atoms with Gasteiger partial charge in [0.2, 0.25) is 0 Å². The number of imide groups is 1. The molecule has 5 nitrogen and oxygen atoms in total. The van der Waals surface area contributed by atoms with Crippen LogP contribution in [0.4, 0.5) is 10.5 Å². The van der Waals surface area contributed by atoms with Gasteiger partial charge in [-0.15, -0.1) is 0 Å². The SMILES string of the molecule is CN[C@H]1CCCN(c2c(/C=C3\SC(=O)NC3=O)cccc2-c2ccccc2)C1. The highest BCUT2D eigenvalue weighted by Crippen LogP contribution is 2.38. The fourth-order valence-electron chi connectivity index (χ4n) is 3.86. The maximum Gasteiger partial charge on any atom is 0.290 e. The van der Waals surface area contributed by atoms with Gasteiger partial charge < -0.3 is 10.2 Å². The van der Waals surface area contributed by atoms with Crippen molar-refractivity contribution in [2.45, 2.75) is 18.9 Å². The molecular weight excluding hydrogens is 370 g/mol. The Balaban J connectivity index is 1.83. The Labute approximate surface area is 169 Å². The lowest BCUT2D eigenvalue weighted by molar-refractivity contribution is -0.115. The predicted octanol–water partition coefficient (Wildman–Crippen LogP) is 3.87. The number of benzene rings is 2. The Morgan fingerprint density at radius 3 is 2.68 bits per heavy atom. The topological polar surface area (TPSA) is 61.4 Å². The third-order valence-corrected chi connectivity index (χ3v) is 6.04. The zero-order valence-corrected chi connectivity index (χ0v) is 16.6. The van der Waals surface area contributed by atoms with Crippen molar-refractivity contribution in [1.82, 2.24) is 10.6 Å². The van der Waals surface area contributed by atoms with Gasteiger partial charge in [-0.2, -0.15) is 0 Å². The Hall–Kier alpha value is -2.57. The van der Waals surface area contributed by atoms with Crippen molar-refractivity contribution in [3.05, 3.63) is 59.0 Å². The van der Waals surface area contributed by atoms with Crippen LogP contribution < -0.4 is 15.5 Å². The van der Waals surface area contributed by atoms with E-state index in [2.05, 4.69) is 33.7 Å². The average Bonchev–Trinajstić information content (AvgIpc) is 3.05. The molecule has 2 heterocycles. The summed E-state index contributed by atoms with van der Waals surface area (Å²) in [5, 5.41) is 5.43. The largest absolute Gasteiger partial charge is 0.369 e. The lowest BCUT2D eigenvalue weighted by Crippen LogP contribution is -2.44. The highest BCUT2D eigenvalue weighted by Gasteiger charge is 2.27. The van der Waals surface area contributed by atoms with Crippen LogP contribution in [0, 0.1) is 0 Å². The van der Waals surface area contributed by atoms with Crippen LogP contribution in [0.2, 0.25) is 0 Å². The molecule has 2 aromatic carbocycles. The molecule has 2 fully saturated rings. The van der Waals surface area contributed by atoms with E-state index in [1.54, 1.807) is 0 Å². The molecule has 28 heavy (non-hydrogen) atoms. The van der Waals surface area contributed by atoms with Crippen LogP contribution >= 0.6 is 11.8 Å². The number of para-hydroxylation sites is 1. The zero-order chi connectivity index (χ0) is 19.5. The molecule has 2 aromatic rings.